The lowest BCUT2D eigenvalue weighted by Crippen LogP contribution is -2.31. The maximum Gasteiger partial charge on any atom is 0.255 e. The monoisotopic (exact) mass is 527 g/mol. The van der Waals surface area contributed by atoms with Gasteiger partial charge in [-0.15, -0.1) is 5.10 Å². The summed E-state index contributed by atoms with van der Waals surface area (Å²) in [6.07, 6.45) is 0. The van der Waals surface area contributed by atoms with E-state index in [1.165, 1.54) is 5.56 Å². The zero-order chi connectivity index (χ0) is 26.5. The zero-order valence-electron chi connectivity index (χ0n) is 21.5. The lowest BCUT2D eigenvalue weighted by atomic mass is 9.95. The van der Waals surface area contributed by atoms with Crippen LogP contribution in [0.1, 0.15) is 31.0 Å². The maximum absolute atomic E-state index is 13.7. The van der Waals surface area contributed by atoms with Crippen LogP contribution in [0.4, 0.5) is 11.6 Å². The minimum absolute atomic E-state index is 0.223. The van der Waals surface area contributed by atoms with Gasteiger partial charge >= 0.3 is 0 Å². The highest BCUT2D eigenvalue weighted by atomic mass is 32.2. The molecule has 1 aromatic heterocycles. The normalized spacial score (nSPS) is 14.4. The Morgan fingerprint density at radius 1 is 1.03 bits per heavy atom. The Balaban J connectivity index is 1.47. The molecular formula is C29H29N5O3S. The van der Waals surface area contributed by atoms with Crippen molar-refractivity contribution in [3.63, 3.8) is 0 Å². The molecule has 5 rings (SSSR count). The van der Waals surface area contributed by atoms with Gasteiger partial charge in [-0.25, -0.2) is 4.68 Å². The van der Waals surface area contributed by atoms with Gasteiger partial charge < -0.3 is 20.1 Å². The van der Waals surface area contributed by atoms with Gasteiger partial charge in [0.25, 0.3) is 5.91 Å². The summed E-state index contributed by atoms with van der Waals surface area (Å²) in [5, 5.41) is 11.8. The summed E-state index contributed by atoms with van der Waals surface area (Å²) < 4.78 is 12.7. The lowest BCUT2D eigenvalue weighted by molar-refractivity contribution is -0.113. The fraction of sp³-hybridized carbons (Fsp3) is 0.207. The molecule has 3 aromatic carbocycles. The smallest absolute Gasteiger partial charge is 0.255 e. The van der Waals surface area contributed by atoms with Gasteiger partial charge in [0.1, 0.15) is 17.5 Å². The molecule has 0 fully saturated rings. The molecule has 194 valence electrons. The van der Waals surface area contributed by atoms with Crippen LogP contribution in [0, 0.1) is 0 Å². The molecule has 0 unspecified atom stereocenters. The van der Waals surface area contributed by atoms with Crippen molar-refractivity contribution >= 4 is 29.3 Å². The van der Waals surface area contributed by atoms with E-state index < -0.39 is 6.04 Å². The average Bonchev–Trinajstić information content (AvgIpc) is 3.35. The van der Waals surface area contributed by atoms with Gasteiger partial charge in [0.2, 0.25) is 11.1 Å². The molecular weight excluding hydrogens is 498 g/mol. The van der Waals surface area contributed by atoms with Crippen LogP contribution in [-0.4, -0.2) is 34.4 Å². The molecule has 1 aliphatic rings. The molecule has 9 heteroatoms. The Kier molecular flexibility index (Phi) is 7.65. The Hall–Kier alpha value is -4.24. The number of benzene rings is 3. The van der Waals surface area contributed by atoms with Gasteiger partial charge in [-0.3, -0.25) is 4.79 Å². The summed E-state index contributed by atoms with van der Waals surface area (Å²) in [5.41, 5.74) is 4.04. The number of methoxy groups -OCH3 is 1. The Morgan fingerprint density at radius 3 is 2.42 bits per heavy atom. The van der Waals surface area contributed by atoms with Gasteiger partial charge in [-0.05, 0) is 61.4 Å². The van der Waals surface area contributed by atoms with Crippen LogP contribution >= 0.6 is 11.8 Å². The highest BCUT2D eigenvalue weighted by Crippen LogP contribution is 2.37. The number of carbonyl (C=O) groups excluding carboxylic acids is 1. The van der Waals surface area contributed by atoms with Crippen molar-refractivity contribution in [3.8, 4) is 11.5 Å². The second kappa shape index (κ2) is 11.4. The van der Waals surface area contributed by atoms with Crippen LogP contribution < -0.4 is 20.1 Å². The summed E-state index contributed by atoms with van der Waals surface area (Å²) in [5.74, 6) is 2.61. The summed E-state index contributed by atoms with van der Waals surface area (Å²) in [6, 6.07) is 24.7. The number of hydrogen-bond donors (Lipinski definition) is 2. The number of ether oxygens (including phenoxy) is 2. The van der Waals surface area contributed by atoms with Gasteiger partial charge in [0.05, 0.1) is 19.3 Å². The van der Waals surface area contributed by atoms with Crippen molar-refractivity contribution < 1.29 is 14.3 Å². The molecule has 0 bridgehead atoms. The fourth-order valence-corrected chi connectivity index (χ4v) is 5.09. The quantitative estimate of drug-likeness (QED) is 0.262. The van der Waals surface area contributed by atoms with Gasteiger partial charge in [-0.2, -0.15) is 4.98 Å². The largest absolute Gasteiger partial charge is 0.497 e. The highest BCUT2D eigenvalue weighted by molar-refractivity contribution is 7.98. The molecule has 1 amide bonds. The molecule has 1 atom stereocenters. The maximum atomic E-state index is 13.7. The van der Waals surface area contributed by atoms with Crippen LogP contribution in [-0.2, 0) is 10.5 Å². The van der Waals surface area contributed by atoms with E-state index in [4.69, 9.17) is 19.6 Å². The summed E-state index contributed by atoms with van der Waals surface area (Å²) in [7, 11) is 1.61. The van der Waals surface area contributed by atoms with Gasteiger partial charge in [0.15, 0.2) is 0 Å². The number of rotatable bonds is 9. The number of allylic oxidation sites excluding steroid dienone is 1. The number of nitrogens with zero attached hydrogens (tertiary/aromatic N) is 3. The minimum atomic E-state index is -0.473. The third-order valence-corrected chi connectivity index (χ3v) is 7.05. The molecule has 0 saturated carbocycles. The third-order valence-electron chi connectivity index (χ3n) is 6.14. The number of amides is 1. The Morgan fingerprint density at radius 2 is 1.74 bits per heavy atom. The van der Waals surface area contributed by atoms with E-state index in [0.29, 0.717) is 29.0 Å². The van der Waals surface area contributed by atoms with E-state index in [0.717, 1.165) is 28.5 Å². The molecule has 0 aliphatic carbocycles. The van der Waals surface area contributed by atoms with Crippen LogP contribution in [0.25, 0.3) is 0 Å². The average molecular weight is 528 g/mol. The predicted octanol–water partition coefficient (Wildman–Crippen LogP) is 5.91. The van der Waals surface area contributed by atoms with Crippen LogP contribution in [0.3, 0.4) is 0 Å². The summed E-state index contributed by atoms with van der Waals surface area (Å²) in [4.78, 5) is 18.4. The van der Waals surface area contributed by atoms with Gasteiger partial charge in [-0.1, -0.05) is 54.2 Å². The van der Waals surface area contributed by atoms with Crippen molar-refractivity contribution in [1.82, 2.24) is 14.8 Å². The van der Waals surface area contributed by atoms with E-state index in [1.807, 2.05) is 80.6 Å². The van der Waals surface area contributed by atoms with E-state index in [9.17, 15) is 4.79 Å². The Labute approximate surface area is 226 Å². The lowest BCUT2D eigenvalue weighted by Gasteiger charge is -2.28. The van der Waals surface area contributed by atoms with Crippen molar-refractivity contribution in [2.75, 3.05) is 24.4 Å². The van der Waals surface area contributed by atoms with E-state index >= 15 is 0 Å². The zero-order valence-corrected chi connectivity index (χ0v) is 22.3. The van der Waals surface area contributed by atoms with Crippen molar-refractivity contribution in [3.05, 3.63) is 101 Å². The topological polar surface area (TPSA) is 90.3 Å². The third kappa shape index (κ3) is 5.52. The van der Waals surface area contributed by atoms with Crippen molar-refractivity contribution in [2.45, 2.75) is 30.8 Å². The molecule has 2 heterocycles. The van der Waals surface area contributed by atoms with E-state index in [-0.39, 0.29) is 5.91 Å². The first-order valence-corrected chi connectivity index (χ1v) is 13.3. The van der Waals surface area contributed by atoms with E-state index in [2.05, 4.69) is 22.8 Å². The second-order valence-electron chi connectivity index (χ2n) is 8.69. The van der Waals surface area contributed by atoms with E-state index in [1.54, 1.807) is 23.6 Å². The Bertz CT molecular complexity index is 1430. The first-order chi connectivity index (χ1) is 18.6. The number of hydrogen-bond acceptors (Lipinski definition) is 7. The summed E-state index contributed by atoms with van der Waals surface area (Å²) >= 11 is 1.56. The summed E-state index contributed by atoms with van der Waals surface area (Å²) in [6.45, 7) is 4.42. The standard InChI is InChI=1S/C29H29N5O3S/c1-4-37-24-14-10-21(11-15-24)26-25(27(35)31-22-12-16-23(36-3)17-13-22)19(2)30-28-32-29(33-34(26)28)38-18-20-8-6-5-7-9-20/h5-17,26H,4,18H2,1-3H3,(H,31,35)(H,30,32,33)/t26-/m0/s1. The number of aromatic nitrogens is 3. The van der Waals surface area contributed by atoms with Crippen LogP contribution in [0.5, 0.6) is 11.5 Å². The predicted molar refractivity (Wildman–Crippen MR) is 150 cm³/mol. The molecule has 1 aliphatic heterocycles. The number of nitrogens with one attached hydrogen (secondary N) is 2. The minimum Gasteiger partial charge on any atom is -0.497 e. The molecule has 0 radical (unpaired) electrons. The number of anilines is 2. The molecule has 0 saturated heterocycles. The first kappa shape index (κ1) is 25.4. The molecule has 0 spiro atoms. The second-order valence-corrected chi connectivity index (χ2v) is 9.63. The van der Waals surface area contributed by atoms with Gasteiger partial charge in [0, 0.05) is 17.1 Å². The first-order valence-electron chi connectivity index (χ1n) is 12.3. The highest BCUT2D eigenvalue weighted by Gasteiger charge is 2.34. The number of thioether (sulfide) groups is 1. The van der Waals surface area contributed by atoms with Crippen molar-refractivity contribution in [2.24, 2.45) is 0 Å². The molecule has 38 heavy (non-hydrogen) atoms. The number of carbonyl (C=O) groups is 1. The molecule has 8 nitrogen and oxygen atoms in total. The van der Waals surface area contributed by atoms with Crippen LogP contribution in [0.2, 0.25) is 0 Å². The van der Waals surface area contributed by atoms with Crippen LogP contribution in [0.15, 0.2) is 95.3 Å². The molecule has 4 aromatic rings. The van der Waals surface area contributed by atoms with Crippen molar-refractivity contribution in [1.29, 1.82) is 0 Å². The molecule has 2 N–H and O–H groups in total. The fourth-order valence-electron chi connectivity index (χ4n) is 4.30. The number of fused-ring (bicyclic) bond motifs is 1. The SMILES string of the molecule is CCOc1ccc([C@H]2C(C(=O)Nc3ccc(OC)cc3)=C(C)Nc3nc(SCc4ccccc4)nn32)cc1.